The third-order valence-electron chi connectivity index (χ3n) is 5.99. The van der Waals surface area contributed by atoms with E-state index in [9.17, 15) is 30.3 Å². The van der Waals surface area contributed by atoms with Gasteiger partial charge in [-0.15, -0.1) is 0 Å². The number of aliphatic hydroxyl groups excluding tert-OH is 5. The van der Waals surface area contributed by atoms with Gasteiger partial charge in [0.1, 0.15) is 30.5 Å². The Morgan fingerprint density at radius 2 is 1.50 bits per heavy atom. The van der Waals surface area contributed by atoms with Gasteiger partial charge in [-0.2, -0.15) is 0 Å². The van der Waals surface area contributed by atoms with Crippen molar-refractivity contribution in [2.45, 2.75) is 56.1 Å². The van der Waals surface area contributed by atoms with Crippen LogP contribution in [0.15, 0.2) is 70.6 Å². The summed E-state index contributed by atoms with van der Waals surface area (Å²) in [6, 6.07) is 18.4. The van der Waals surface area contributed by atoms with Crippen molar-refractivity contribution in [3.8, 4) is 0 Å². The summed E-state index contributed by atoms with van der Waals surface area (Å²) in [5.41, 5.74) is 1.63. The van der Waals surface area contributed by atoms with Crippen molar-refractivity contribution in [2.24, 2.45) is 9.98 Å². The van der Waals surface area contributed by atoms with E-state index in [-0.39, 0.29) is 13.1 Å². The number of rotatable bonds is 14. The number of carbonyl (C=O) groups excluding carboxylic acids is 1. The third-order valence-corrected chi connectivity index (χ3v) is 5.99. The Morgan fingerprint density at radius 1 is 0.925 bits per heavy atom. The first-order chi connectivity index (χ1) is 19.3. The predicted octanol–water partition coefficient (Wildman–Crippen LogP) is -0.324. The van der Waals surface area contributed by atoms with E-state index in [4.69, 9.17) is 18.9 Å². The molecule has 12 nitrogen and oxygen atoms in total. The van der Waals surface area contributed by atoms with Crippen LogP contribution in [0, 0.1) is 0 Å². The molecule has 0 saturated carbocycles. The van der Waals surface area contributed by atoms with Crippen molar-refractivity contribution >= 4 is 18.4 Å². The van der Waals surface area contributed by atoms with Crippen LogP contribution in [-0.4, -0.2) is 119 Å². The van der Waals surface area contributed by atoms with Gasteiger partial charge in [0.2, 0.25) is 0 Å². The molecule has 0 aliphatic carbocycles. The van der Waals surface area contributed by atoms with E-state index in [2.05, 4.69) is 9.98 Å². The maximum atomic E-state index is 11.6. The maximum Gasteiger partial charge on any atom is 0.303 e. The summed E-state index contributed by atoms with van der Waals surface area (Å²) in [4.78, 5) is 20.1. The van der Waals surface area contributed by atoms with E-state index < -0.39 is 68.4 Å². The average Bonchev–Trinajstić information content (AvgIpc) is 2.95. The van der Waals surface area contributed by atoms with Crippen LogP contribution in [0.3, 0.4) is 0 Å². The maximum absolute atomic E-state index is 11.6. The number of carbonyl (C=O) groups is 1. The van der Waals surface area contributed by atoms with Crippen LogP contribution < -0.4 is 0 Å². The second-order valence-corrected chi connectivity index (χ2v) is 9.08. The smallest absolute Gasteiger partial charge is 0.303 e. The molecule has 1 fully saturated rings. The highest BCUT2D eigenvalue weighted by atomic mass is 16.7. The molecule has 2 aromatic rings. The molecule has 8 unspecified atom stereocenters. The zero-order valence-corrected chi connectivity index (χ0v) is 22.0. The van der Waals surface area contributed by atoms with Crippen LogP contribution in [0.2, 0.25) is 0 Å². The molecule has 3 rings (SSSR count). The lowest BCUT2D eigenvalue weighted by Crippen LogP contribution is -2.61. The van der Waals surface area contributed by atoms with Gasteiger partial charge in [0, 0.05) is 19.4 Å². The minimum absolute atomic E-state index is 0.0999. The third kappa shape index (κ3) is 9.54. The molecule has 1 aliphatic heterocycles. The van der Waals surface area contributed by atoms with Gasteiger partial charge < -0.3 is 44.5 Å². The molecule has 0 aromatic heterocycles. The molecule has 0 bridgehead atoms. The van der Waals surface area contributed by atoms with Gasteiger partial charge in [0.15, 0.2) is 18.7 Å². The number of hydrogen-bond donors (Lipinski definition) is 5. The molecule has 5 N–H and O–H groups in total. The van der Waals surface area contributed by atoms with E-state index in [0.29, 0.717) is 0 Å². The van der Waals surface area contributed by atoms with E-state index in [1.807, 2.05) is 60.7 Å². The summed E-state index contributed by atoms with van der Waals surface area (Å²) in [6.07, 6.45) is -7.89. The number of hydrogen-bond acceptors (Lipinski definition) is 12. The summed E-state index contributed by atoms with van der Waals surface area (Å²) >= 11 is 0. The summed E-state index contributed by atoms with van der Waals surface area (Å²) in [5.74, 6) is -0.764. The first kappa shape index (κ1) is 31.5. The Hall–Kier alpha value is -3.07. The van der Waals surface area contributed by atoms with Crippen LogP contribution in [0.5, 0.6) is 0 Å². The number of aliphatic imine (C=N–C) groups is 2. The van der Waals surface area contributed by atoms with Crippen LogP contribution >= 0.6 is 0 Å². The van der Waals surface area contributed by atoms with Crippen LogP contribution in [0.1, 0.15) is 18.1 Å². The molecule has 0 spiro atoms. The Labute approximate surface area is 232 Å². The molecular formula is C28H36N2O10. The highest BCUT2D eigenvalue weighted by Gasteiger charge is 2.48. The van der Waals surface area contributed by atoms with Gasteiger partial charge in [0.05, 0.1) is 26.3 Å². The van der Waals surface area contributed by atoms with E-state index >= 15 is 0 Å². The molecule has 1 saturated heterocycles. The number of ether oxygens (including phenoxy) is 4. The normalized spacial score (nSPS) is 25.6. The SMILES string of the molecule is CC(=O)OC1C(O)C(CO)OC(OC(CN=Cc2ccccc2)C(CO)OC(O)CN=Cc2ccccc2)C1O. The van der Waals surface area contributed by atoms with Gasteiger partial charge in [-0.05, 0) is 11.1 Å². The predicted molar refractivity (Wildman–Crippen MR) is 144 cm³/mol. The second kappa shape index (κ2) is 16.3. The van der Waals surface area contributed by atoms with Crippen LogP contribution in [0.4, 0.5) is 0 Å². The monoisotopic (exact) mass is 560 g/mol. The summed E-state index contributed by atoms with van der Waals surface area (Å²) in [6.45, 7) is -0.386. The minimum Gasteiger partial charge on any atom is -0.457 e. The Balaban J connectivity index is 1.75. The molecule has 12 heteroatoms. The van der Waals surface area contributed by atoms with Crippen molar-refractivity contribution in [1.29, 1.82) is 0 Å². The van der Waals surface area contributed by atoms with E-state index in [1.54, 1.807) is 12.4 Å². The zero-order valence-electron chi connectivity index (χ0n) is 22.0. The van der Waals surface area contributed by atoms with Crippen LogP contribution in [-0.2, 0) is 23.7 Å². The van der Waals surface area contributed by atoms with Crippen LogP contribution in [0.25, 0.3) is 0 Å². The van der Waals surface area contributed by atoms with Crippen molar-refractivity contribution in [3.63, 3.8) is 0 Å². The molecule has 0 radical (unpaired) electrons. The van der Waals surface area contributed by atoms with Crippen molar-refractivity contribution in [2.75, 3.05) is 26.3 Å². The standard InChI is InChI=1S/C28H36N2O10/c1-18(33)37-27-25(35)23(17-32)40-28(26(27)36)39-21(14-29-12-19-8-4-2-5-9-19)22(16-31)38-24(34)15-30-13-20-10-6-3-7-11-20/h2-13,21-28,31-32,34-36H,14-17H2,1H3. The fraction of sp³-hybridized carbons (Fsp3) is 0.464. The Morgan fingerprint density at radius 3 is 2.02 bits per heavy atom. The summed E-state index contributed by atoms with van der Waals surface area (Å²) in [5, 5.41) is 51.4. The van der Waals surface area contributed by atoms with E-state index in [1.165, 1.54) is 0 Å². The lowest BCUT2D eigenvalue weighted by molar-refractivity contribution is -0.322. The van der Waals surface area contributed by atoms with E-state index in [0.717, 1.165) is 18.1 Å². The van der Waals surface area contributed by atoms with Gasteiger partial charge in [-0.3, -0.25) is 14.8 Å². The first-order valence-corrected chi connectivity index (χ1v) is 12.8. The lowest BCUT2D eigenvalue weighted by Gasteiger charge is -2.42. The quantitative estimate of drug-likeness (QED) is 0.117. The van der Waals surface area contributed by atoms with Gasteiger partial charge >= 0.3 is 5.97 Å². The Bertz CT molecular complexity index is 1070. The molecule has 1 heterocycles. The van der Waals surface area contributed by atoms with Crippen molar-refractivity contribution < 1.29 is 49.3 Å². The molecule has 40 heavy (non-hydrogen) atoms. The fourth-order valence-electron chi connectivity index (χ4n) is 4.00. The average molecular weight is 561 g/mol. The summed E-state index contributed by atoms with van der Waals surface area (Å²) in [7, 11) is 0. The zero-order chi connectivity index (χ0) is 28.9. The van der Waals surface area contributed by atoms with Gasteiger partial charge in [-0.25, -0.2) is 0 Å². The minimum atomic E-state index is -1.65. The number of aliphatic hydroxyl groups is 5. The highest BCUT2D eigenvalue weighted by Crippen LogP contribution is 2.26. The largest absolute Gasteiger partial charge is 0.457 e. The molecule has 2 aromatic carbocycles. The first-order valence-electron chi connectivity index (χ1n) is 12.8. The van der Waals surface area contributed by atoms with Crippen molar-refractivity contribution in [1.82, 2.24) is 0 Å². The molecule has 218 valence electrons. The molecular weight excluding hydrogens is 524 g/mol. The summed E-state index contributed by atoms with van der Waals surface area (Å²) < 4.78 is 22.1. The topological polar surface area (TPSA) is 180 Å². The number of nitrogens with zero attached hydrogens (tertiary/aromatic N) is 2. The number of benzene rings is 2. The van der Waals surface area contributed by atoms with Gasteiger partial charge in [0.25, 0.3) is 0 Å². The lowest BCUT2D eigenvalue weighted by atomic mass is 9.99. The molecule has 8 atom stereocenters. The van der Waals surface area contributed by atoms with Gasteiger partial charge in [-0.1, -0.05) is 60.7 Å². The Kier molecular flexibility index (Phi) is 12.8. The molecule has 0 amide bonds. The molecule has 1 aliphatic rings. The fourth-order valence-corrected chi connectivity index (χ4v) is 4.00. The highest BCUT2D eigenvalue weighted by molar-refractivity contribution is 5.79. The number of esters is 1. The van der Waals surface area contributed by atoms with Crippen molar-refractivity contribution in [3.05, 3.63) is 71.8 Å². The second-order valence-electron chi connectivity index (χ2n) is 9.08.